The number of benzene rings is 1. The molecule has 1 aliphatic carbocycles. The van der Waals surface area contributed by atoms with Gasteiger partial charge in [-0.05, 0) is 55.1 Å². The highest BCUT2D eigenvalue weighted by Crippen LogP contribution is 2.36. The Morgan fingerprint density at radius 3 is 2.03 bits per heavy atom. The summed E-state index contributed by atoms with van der Waals surface area (Å²) < 4.78 is 0. The van der Waals surface area contributed by atoms with Gasteiger partial charge in [0.25, 0.3) is 0 Å². The SMILES string of the molecule is CCCCCCCCc1ccc(CC(C#N)C2CCC(CCCCC)CC2)cc1. The number of unbranched alkanes of at least 4 members (excludes halogenated alkanes) is 7. The van der Waals surface area contributed by atoms with Gasteiger partial charge >= 0.3 is 0 Å². The first-order chi connectivity index (χ1) is 14.3. The van der Waals surface area contributed by atoms with Gasteiger partial charge in [0.15, 0.2) is 0 Å². The number of nitriles is 1. The highest BCUT2D eigenvalue weighted by molar-refractivity contribution is 5.24. The maximum absolute atomic E-state index is 9.79. The van der Waals surface area contributed by atoms with Crippen molar-refractivity contribution in [2.45, 2.75) is 117 Å². The molecule has 0 saturated heterocycles. The number of hydrogen-bond acceptors (Lipinski definition) is 1. The van der Waals surface area contributed by atoms with Crippen molar-refractivity contribution in [3.63, 3.8) is 0 Å². The molecular weight excluding hydrogens is 350 g/mol. The lowest BCUT2D eigenvalue weighted by Gasteiger charge is -2.31. The highest BCUT2D eigenvalue weighted by Gasteiger charge is 2.27. The Bertz CT molecular complexity index is 559. The quantitative estimate of drug-likeness (QED) is 0.289. The second-order valence-corrected chi connectivity index (χ2v) is 9.55. The smallest absolute Gasteiger partial charge is 0.0662 e. The second-order valence-electron chi connectivity index (χ2n) is 9.55. The van der Waals surface area contributed by atoms with Crippen LogP contribution in [0.25, 0.3) is 0 Å². The molecule has 0 aliphatic heterocycles. The molecule has 0 radical (unpaired) electrons. The Morgan fingerprint density at radius 2 is 1.38 bits per heavy atom. The Morgan fingerprint density at radius 1 is 0.793 bits per heavy atom. The molecule has 1 heteroatoms. The summed E-state index contributed by atoms with van der Waals surface area (Å²) in [7, 11) is 0. The first kappa shape index (κ1) is 24.0. The Labute approximate surface area is 181 Å². The van der Waals surface area contributed by atoms with Crippen molar-refractivity contribution in [2.75, 3.05) is 0 Å². The summed E-state index contributed by atoms with van der Waals surface area (Å²) >= 11 is 0. The molecule has 1 nitrogen and oxygen atoms in total. The van der Waals surface area contributed by atoms with E-state index in [1.54, 1.807) is 0 Å². The lowest BCUT2D eigenvalue weighted by molar-refractivity contribution is 0.221. The summed E-state index contributed by atoms with van der Waals surface area (Å²) in [5, 5.41) is 9.79. The molecular formula is C28H45N. The molecule has 0 aromatic heterocycles. The molecule has 1 unspecified atom stereocenters. The van der Waals surface area contributed by atoms with Gasteiger partial charge in [0.1, 0.15) is 0 Å². The van der Waals surface area contributed by atoms with Crippen molar-refractivity contribution < 1.29 is 0 Å². The van der Waals surface area contributed by atoms with Gasteiger partial charge in [-0.15, -0.1) is 0 Å². The molecule has 1 aliphatic rings. The van der Waals surface area contributed by atoms with Crippen LogP contribution in [0.1, 0.15) is 115 Å². The minimum atomic E-state index is 0.205. The summed E-state index contributed by atoms with van der Waals surface area (Å²) in [5.74, 6) is 1.75. The minimum absolute atomic E-state index is 0.205. The van der Waals surface area contributed by atoms with E-state index in [1.165, 1.54) is 107 Å². The minimum Gasteiger partial charge on any atom is -0.198 e. The van der Waals surface area contributed by atoms with E-state index in [1.807, 2.05) is 0 Å². The first-order valence-electron chi connectivity index (χ1n) is 12.7. The van der Waals surface area contributed by atoms with E-state index in [9.17, 15) is 5.26 Å². The van der Waals surface area contributed by atoms with E-state index in [-0.39, 0.29) is 5.92 Å². The zero-order valence-electron chi connectivity index (χ0n) is 19.3. The van der Waals surface area contributed by atoms with Crippen LogP contribution in [0, 0.1) is 29.1 Å². The molecule has 0 amide bonds. The van der Waals surface area contributed by atoms with Crippen LogP contribution < -0.4 is 0 Å². The lowest BCUT2D eigenvalue weighted by Crippen LogP contribution is -2.22. The third-order valence-electron chi connectivity index (χ3n) is 7.14. The summed E-state index contributed by atoms with van der Waals surface area (Å²) in [6.45, 7) is 4.56. The zero-order valence-corrected chi connectivity index (χ0v) is 19.3. The number of hydrogen-bond donors (Lipinski definition) is 0. The van der Waals surface area contributed by atoms with E-state index < -0.39 is 0 Å². The Kier molecular flexibility index (Phi) is 12.1. The van der Waals surface area contributed by atoms with Crippen molar-refractivity contribution in [3.8, 4) is 6.07 Å². The molecule has 162 valence electrons. The third-order valence-corrected chi connectivity index (χ3v) is 7.14. The van der Waals surface area contributed by atoms with Gasteiger partial charge in [-0.2, -0.15) is 5.26 Å². The molecule has 0 N–H and O–H groups in total. The molecule has 0 heterocycles. The standard InChI is InChI=1S/C28H45N/c1-3-5-7-8-9-11-13-24-14-16-26(17-15-24)22-28(23-29)27-20-18-25(19-21-27)12-10-6-4-2/h14-17,25,27-28H,3-13,18-22H2,1-2H3. The van der Waals surface area contributed by atoms with Gasteiger partial charge < -0.3 is 0 Å². The monoisotopic (exact) mass is 395 g/mol. The van der Waals surface area contributed by atoms with Gasteiger partial charge in [-0.3, -0.25) is 0 Å². The molecule has 1 saturated carbocycles. The number of aryl methyl sites for hydroxylation is 1. The summed E-state index contributed by atoms with van der Waals surface area (Å²) in [4.78, 5) is 0. The molecule has 29 heavy (non-hydrogen) atoms. The fourth-order valence-corrected chi connectivity index (χ4v) is 5.09. The van der Waals surface area contributed by atoms with Crippen molar-refractivity contribution in [1.29, 1.82) is 5.26 Å². The van der Waals surface area contributed by atoms with Gasteiger partial charge in [0.2, 0.25) is 0 Å². The summed E-state index contributed by atoms with van der Waals surface area (Å²) in [6.07, 6.45) is 21.1. The first-order valence-corrected chi connectivity index (χ1v) is 12.7. The molecule has 1 aromatic rings. The van der Waals surface area contributed by atoms with E-state index in [0.717, 1.165) is 12.3 Å². The summed E-state index contributed by atoms with van der Waals surface area (Å²) in [6, 6.07) is 11.8. The van der Waals surface area contributed by atoms with E-state index >= 15 is 0 Å². The topological polar surface area (TPSA) is 23.8 Å². The zero-order chi connectivity index (χ0) is 20.7. The predicted octanol–water partition coefficient (Wildman–Crippen LogP) is 8.66. The predicted molar refractivity (Wildman–Crippen MR) is 126 cm³/mol. The van der Waals surface area contributed by atoms with E-state index in [0.29, 0.717) is 5.92 Å². The Balaban J connectivity index is 1.70. The maximum atomic E-state index is 9.79. The van der Waals surface area contributed by atoms with E-state index in [2.05, 4.69) is 44.2 Å². The molecule has 0 bridgehead atoms. The van der Waals surface area contributed by atoms with Crippen LogP contribution in [-0.4, -0.2) is 0 Å². The maximum Gasteiger partial charge on any atom is 0.0662 e. The highest BCUT2D eigenvalue weighted by atomic mass is 14.4. The van der Waals surface area contributed by atoms with E-state index in [4.69, 9.17) is 0 Å². The van der Waals surface area contributed by atoms with Crippen LogP contribution in [0.4, 0.5) is 0 Å². The van der Waals surface area contributed by atoms with Gasteiger partial charge in [0, 0.05) is 0 Å². The van der Waals surface area contributed by atoms with Crippen LogP contribution in [0.5, 0.6) is 0 Å². The third kappa shape index (κ3) is 9.37. The molecule has 2 rings (SSSR count). The van der Waals surface area contributed by atoms with Crippen molar-refractivity contribution in [3.05, 3.63) is 35.4 Å². The van der Waals surface area contributed by atoms with Crippen molar-refractivity contribution in [1.82, 2.24) is 0 Å². The van der Waals surface area contributed by atoms with Crippen molar-refractivity contribution in [2.24, 2.45) is 17.8 Å². The fourth-order valence-electron chi connectivity index (χ4n) is 5.09. The van der Waals surface area contributed by atoms with Crippen LogP contribution in [0.15, 0.2) is 24.3 Å². The molecule has 1 atom stereocenters. The summed E-state index contributed by atoms with van der Waals surface area (Å²) in [5.41, 5.74) is 2.82. The number of nitrogens with zero attached hydrogens (tertiary/aromatic N) is 1. The van der Waals surface area contributed by atoms with Crippen LogP contribution in [-0.2, 0) is 12.8 Å². The van der Waals surface area contributed by atoms with Gasteiger partial charge in [-0.25, -0.2) is 0 Å². The van der Waals surface area contributed by atoms with Crippen LogP contribution in [0.3, 0.4) is 0 Å². The fraction of sp³-hybridized carbons (Fsp3) is 0.750. The lowest BCUT2D eigenvalue weighted by atomic mass is 9.73. The molecule has 1 fully saturated rings. The second kappa shape index (κ2) is 14.7. The Hall–Kier alpha value is -1.29. The molecule has 0 spiro atoms. The molecule has 1 aromatic carbocycles. The van der Waals surface area contributed by atoms with Crippen molar-refractivity contribution >= 4 is 0 Å². The van der Waals surface area contributed by atoms with Gasteiger partial charge in [-0.1, -0.05) is 109 Å². The van der Waals surface area contributed by atoms with Crippen LogP contribution >= 0.6 is 0 Å². The average Bonchev–Trinajstić information content (AvgIpc) is 2.76. The van der Waals surface area contributed by atoms with Gasteiger partial charge in [0.05, 0.1) is 12.0 Å². The average molecular weight is 396 g/mol. The number of rotatable bonds is 14. The normalized spacial score (nSPS) is 20.3. The largest absolute Gasteiger partial charge is 0.198 e. The van der Waals surface area contributed by atoms with Crippen LogP contribution in [0.2, 0.25) is 0 Å².